The molecule has 0 radical (unpaired) electrons. The summed E-state index contributed by atoms with van der Waals surface area (Å²) in [6, 6.07) is 7.62. The molecule has 2 atom stereocenters. The molecule has 2 saturated heterocycles. The molecule has 0 spiro atoms. The van der Waals surface area contributed by atoms with Crippen LogP contribution in [0.1, 0.15) is 19.4 Å². The summed E-state index contributed by atoms with van der Waals surface area (Å²) < 4.78 is 1.09. The molecule has 2 unspecified atom stereocenters. The van der Waals surface area contributed by atoms with Crippen molar-refractivity contribution in [2.24, 2.45) is 10.9 Å². The van der Waals surface area contributed by atoms with Crippen LogP contribution in [-0.2, 0) is 11.3 Å². The van der Waals surface area contributed by atoms with E-state index < -0.39 is 12.2 Å². The Morgan fingerprint density at radius 3 is 2.43 bits per heavy atom. The van der Waals surface area contributed by atoms with E-state index in [0.29, 0.717) is 5.92 Å². The number of halogens is 1. The van der Waals surface area contributed by atoms with Crippen molar-refractivity contribution in [2.75, 3.05) is 39.8 Å². The van der Waals surface area contributed by atoms with Crippen molar-refractivity contribution in [3.8, 4) is 0 Å². The molecular weight excluding hydrogens is 448 g/mol. The van der Waals surface area contributed by atoms with E-state index in [1.54, 1.807) is 7.05 Å². The van der Waals surface area contributed by atoms with Gasteiger partial charge in [0.1, 0.15) is 0 Å². The third kappa shape index (κ3) is 4.18. The van der Waals surface area contributed by atoms with Crippen LogP contribution >= 0.6 is 15.9 Å². The minimum atomic E-state index is -0.458. The van der Waals surface area contributed by atoms with Crippen molar-refractivity contribution in [3.05, 3.63) is 34.3 Å². The topological polar surface area (TPSA) is 71.5 Å². The van der Waals surface area contributed by atoms with Crippen LogP contribution < -0.4 is 5.32 Å². The number of likely N-dealkylation sites (N-methyl/N-ethyl adjacent to an activating group) is 1. The van der Waals surface area contributed by atoms with Gasteiger partial charge in [0, 0.05) is 50.8 Å². The van der Waals surface area contributed by atoms with E-state index in [2.05, 4.69) is 74.1 Å². The second kappa shape index (κ2) is 8.55. The zero-order valence-electron chi connectivity index (χ0n) is 17.7. The van der Waals surface area contributed by atoms with Crippen molar-refractivity contribution in [1.82, 2.24) is 24.9 Å². The van der Waals surface area contributed by atoms with Gasteiger partial charge < -0.3 is 14.7 Å². The van der Waals surface area contributed by atoms with Crippen molar-refractivity contribution >= 4 is 33.8 Å². The Hall–Kier alpha value is -2.13. The van der Waals surface area contributed by atoms with E-state index in [1.165, 1.54) is 10.5 Å². The molecule has 0 aliphatic carbocycles. The number of urea groups is 1. The molecule has 4 rings (SSSR count). The number of aliphatic imine (C=N–C) groups is 1. The molecule has 3 aliphatic heterocycles. The van der Waals surface area contributed by atoms with Crippen LogP contribution in [0.5, 0.6) is 0 Å². The monoisotopic (exact) mass is 476 g/mol. The lowest BCUT2D eigenvalue weighted by molar-refractivity contribution is -0.127. The maximum absolute atomic E-state index is 12.6. The fourth-order valence-electron chi connectivity index (χ4n) is 4.32. The first kappa shape index (κ1) is 21.1. The molecule has 0 aromatic heterocycles. The van der Waals surface area contributed by atoms with Gasteiger partial charge in [-0.05, 0) is 23.6 Å². The summed E-state index contributed by atoms with van der Waals surface area (Å²) >= 11 is 3.49. The fourth-order valence-corrected chi connectivity index (χ4v) is 4.58. The number of hydrogen-bond acceptors (Lipinski definition) is 6. The molecule has 3 aliphatic rings. The van der Waals surface area contributed by atoms with Crippen molar-refractivity contribution in [1.29, 1.82) is 0 Å². The van der Waals surface area contributed by atoms with Crippen LogP contribution in [0.15, 0.2) is 33.7 Å². The normalized spacial score (nSPS) is 25.0. The van der Waals surface area contributed by atoms with Crippen LogP contribution in [-0.4, -0.2) is 89.5 Å². The summed E-state index contributed by atoms with van der Waals surface area (Å²) in [5.74, 6) is 0.971. The van der Waals surface area contributed by atoms with Crippen LogP contribution in [0.4, 0.5) is 4.79 Å². The number of imide groups is 1. The summed E-state index contributed by atoms with van der Waals surface area (Å²) in [4.78, 5) is 37.9. The maximum Gasteiger partial charge on any atom is 0.325 e. The molecule has 9 heteroatoms. The number of piperazine rings is 1. The average Bonchev–Trinajstić information content (AvgIpc) is 3.08. The first-order chi connectivity index (χ1) is 14.3. The largest absolute Gasteiger partial charge is 0.340 e. The van der Waals surface area contributed by atoms with E-state index in [0.717, 1.165) is 49.7 Å². The first-order valence-electron chi connectivity index (χ1n) is 10.5. The zero-order valence-corrected chi connectivity index (χ0v) is 19.3. The molecule has 0 bridgehead atoms. The van der Waals surface area contributed by atoms with Crippen molar-refractivity contribution < 1.29 is 9.59 Å². The van der Waals surface area contributed by atoms with Gasteiger partial charge in [-0.1, -0.05) is 41.9 Å². The lowest BCUT2D eigenvalue weighted by Gasteiger charge is -2.41. The molecule has 3 amide bonds. The van der Waals surface area contributed by atoms with E-state index >= 15 is 0 Å². The highest BCUT2D eigenvalue weighted by atomic mass is 79.9. The summed E-state index contributed by atoms with van der Waals surface area (Å²) in [6.07, 6.45) is -0.458. The predicted molar refractivity (Wildman–Crippen MR) is 119 cm³/mol. The quantitative estimate of drug-likeness (QED) is 0.716. The standard InChI is InChI=1S/C21H29BrN6O2/c1-14(2)12-28-17-18(25(3)21(30)24-19(17)29)23-20(28)27-10-8-26(9-11-27)13-15-4-6-16(22)7-5-15/h4-7,14,17-18H,8-13H2,1-3H3,(H,24,29,30). The summed E-state index contributed by atoms with van der Waals surface area (Å²) in [6.45, 7) is 9.49. The lowest BCUT2D eigenvalue weighted by atomic mass is 10.1. The zero-order chi connectivity index (χ0) is 21.4. The van der Waals surface area contributed by atoms with E-state index in [9.17, 15) is 9.59 Å². The summed E-state index contributed by atoms with van der Waals surface area (Å²) in [5, 5.41) is 2.47. The Balaban J connectivity index is 1.46. The summed E-state index contributed by atoms with van der Waals surface area (Å²) in [7, 11) is 1.70. The van der Waals surface area contributed by atoms with Crippen LogP contribution in [0.2, 0.25) is 0 Å². The van der Waals surface area contributed by atoms with Gasteiger partial charge in [-0.3, -0.25) is 15.0 Å². The van der Waals surface area contributed by atoms with Gasteiger partial charge in [0.25, 0.3) is 5.91 Å². The minimum Gasteiger partial charge on any atom is -0.340 e. The highest BCUT2D eigenvalue weighted by Gasteiger charge is 2.49. The fraction of sp³-hybridized carbons (Fsp3) is 0.571. The van der Waals surface area contributed by atoms with Gasteiger partial charge in [0.15, 0.2) is 18.2 Å². The number of hydrogen-bond donors (Lipinski definition) is 1. The molecule has 3 heterocycles. The Kier molecular flexibility index (Phi) is 6.02. The highest BCUT2D eigenvalue weighted by molar-refractivity contribution is 9.10. The third-order valence-corrected chi connectivity index (χ3v) is 6.40. The molecular formula is C21H29BrN6O2. The van der Waals surface area contributed by atoms with E-state index in [1.807, 2.05) is 0 Å². The van der Waals surface area contributed by atoms with Gasteiger partial charge in [-0.2, -0.15) is 0 Å². The van der Waals surface area contributed by atoms with E-state index in [-0.39, 0.29) is 11.9 Å². The average molecular weight is 477 g/mol. The molecule has 30 heavy (non-hydrogen) atoms. The number of nitrogens with one attached hydrogen (secondary N) is 1. The number of rotatable bonds is 4. The van der Waals surface area contributed by atoms with Gasteiger partial charge >= 0.3 is 6.03 Å². The Morgan fingerprint density at radius 1 is 1.13 bits per heavy atom. The number of carbonyl (C=O) groups excluding carboxylic acids is 2. The number of guanidine groups is 1. The highest BCUT2D eigenvalue weighted by Crippen LogP contribution is 2.27. The van der Waals surface area contributed by atoms with Gasteiger partial charge in [0.05, 0.1) is 0 Å². The predicted octanol–water partition coefficient (Wildman–Crippen LogP) is 1.77. The SMILES string of the molecule is CC(C)CN1C(N2CCN(Cc3ccc(Br)cc3)CC2)=NC2C1C(=O)NC(=O)N2C. The van der Waals surface area contributed by atoms with E-state index in [4.69, 9.17) is 4.99 Å². The smallest absolute Gasteiger partial charge is 0.325 e. The second-order valence-corrected chi connectivity index (χ2v) is 9.54. The Bertz CT molecular complexity index is 834. The van der Waals surface area contributed by atoms with Crippen LogP contribution in [0, 0.1) is 5.92 Å². The number of nitrogens with zero attached hydrogens (tertiary/aromatic N) is 5. The minimum absolute atomic E-state index is 0.253. The second-order valence-electron chi connectivity index (χ2n) is 8.63. The number of benzene rings is 1. The molecule has 8 nitrogen and oxygen atoms in total. The molecule has 1 N–H and O–H groups in total. The van der Waals surface area contributed by atoms with Crippen molar-refractivity contribution in [3.63, 3.8) is 0 Å². The van der Waals surface area contributed by atoms with Crippen molar-refractivity contribution in [2.45, 2.75) is 32.6 Å². The van der Waals surface area contributed by atoms with Gasteiger partial charge in [-0.25, -0.2) is 9.79 Å². The first-order valence-corrected chi connectivity index (χ1v) is 11.3. The molecule has 0 saturated carbocycles. The van der Waals surface area contributed by atoms with Crippen LogP contribution in [0.25, 0.3) is 0 Å². The Morgan fingerprint density at radius 2 is 1.80 bits per heavy atom. The molecule has 1 aromatic carbocycles. The number of fused-ring (bicyclic) bond motifs is 1. The summed E-state index contributed by atoms with van der Waals surface area (Å²) in [5.41, 5.74) is 1.30. The molecule has 1 aromatic rings. The maximum atomic E-state index is 12.6. The number of carbonyl (C=O) groups is 2. The van der Waals surface area contributed by atoms with Crippen LogP contribution in [0.3, 0.4) is 0 Å². The molecule has 162 valence electrons. The Labute approximate surface area is 186 Å². The number of amides is 3. The lowest BCUT2D eigenvalue weighted by Crippen LogP contribution is -2.65. The third-order valence-electron chi connectivity index (χ3n) is 5.88. The van der Waals surface area contributed by atoms with Gasteiger partial charge in [-0.15, -0.1) is 0 Å². The molecule has 2 fully saturated rings. The van der Waals surface area contributed by atoms with Gasteiger partial charge in [0.2, 0.25) is 0 Å².